The number of aliphatic carboxylic acids is 1. The molecule has 1 heterocycles. The van der Waals surface area contributed by atoms with Crippen molar-refractivity contribution in [1.29, 1.82) is 0 Å². The molecule has 4 rings (SSSR count). The Morgan fingerprint density at radius 1 is 1.09 bits per heavy atom. The summed E-state index contributed by atoms with van der Waals surface area (Å²) in [5, 5.41) is 17.3. The SMILES string of the molecule is C[C@H](CC(=O)O)NC(=O)c1cc(NC(=O)OCC2c3ccccc3-c3ccccc32)on1. The highest BCUT2D eigenvalue weighted by Crippen LogP contribution is 2.44. The van der Waals surface area contributed by atoms with Crippen LogP contribution >= 0.6 is 0 Å². The molecule has 9 nitrogen and oxygen atoms in total. The number of aromatic nitrogens is 1. The molecular weight excluding hydrogens is 414 g/mol. The Hall–Kier alpha value is -4.14. The summed E-state index contributed by atoms with van der Waals surface area (Å²) in [5.74, 6) is -1.78. The predicted octanol–water partition coefficient (Wildman–Crippen LogP) is 3.63. The average molecular weight is 435 g/mol. The van der Waals surface area contributed by atoms with Gasteiger partial charge in [0.25, 0.3) is 5.91 Å². The molecule has 0 unspecified atom stereocenters. The van der Waals surface area contributed by atoms with Crippen LogP contribution in [0.5, 0.6) is 0 Å². The van der Waals surface area contributed by atoms with Gasteiger partial charge in [0.05, 0.1) is 6.42 Å². The fourth-order valence-corrected chi connectivity index (χ4v) is 3.79. The summed E-state index contributed by atoms with van der Waals surface area (Å²) in [6.45, 7) is 1.69. The van der Waals surface area contributed by atoms with Crippen LogP contribution in [0.15, 0.2) is 59.1 Å². The quantitative estimate of drug-likeness (QED) is 0.516. The number of fused-ring (bicyclic) bond motifs is 3. The molecule has 0 radical (unpaired) electrons. The third kappa shape index (κ3) is 4.46. The summed E-state index contributed by atoms with van der Waals surface area (Å²) < 4.78 is 10.4. The number of carboxylic acid groups (broad SMARTS) is 1. The number of ether oxygens (including phenoxy) is 1. The molecule has 2 aromatic carbocycles. The molecule has 0 saturated carbocycles. The van der Waals surface area contributed by atoms with E-state index in [1.165, 1.54) is 6.07 Å². The van der Waals surface area contributed by atoms with Crippen molar-refractivity contribution in [2.45, 2.75) is 25.3 Å². The number of carbonyl (C=O) groups excluding carboxylic acids is 2. The van der Waals surface area contributed by atoms with Crippen LogP contribution in [-0.2, 0) is 9.53 Å². The first-order valence-electron chi connectivity index (χ1n) is 10.0. The average Bonchev–Trinajstić information content (AvgIpc) is 3.34. The number of rotatable bonds is 7. The molecule has 1 atom stereocenters. The highest BCUT2D eigenvalue weighted by atomic mass is 16.6. The molecule has 9 heteroatoms. The van der Waals surface area contributed by atoms with Crippen molar-refractivity contribution in [3.8, 4) is 11.1 Å². The molecule has 32 heavy (non-hydrogen) atoms. The van der Waals surface area contributed by atoms with E-state index in [1.807, 2.05) is 48.5 Å². The third-order valence-electron chi connectivity index (χ3n) is 5.17. The number of nitrogens with one attached hydrogen (secondary N) is 2. The van der Waals surface area contributed by atoms with Gasteiger partial charge in [0.2, 0.25) is 5.88 Å². The predicted molar refractivity (Wildman–Crippen MR) is 114 cm³/mol. The van der Waals surface area contributed by atoms with Gasteiger partial charge in [-0.05, 0) is 29.2 Å². The van der Waals surface area contributed by atoms with E-state index in [-0.39, 0.29) is 30.5 Å². The highest BCUT2D eigenvalue weighted by Gasteiger charge is 2.29. The largest absolute Gasteiger partial charge is 0.481 e. The van der Waals surface area contributed by atoms with E-state index in [0.717, 1.165) is 22.3 Å². The number of hydrogen-bond acceptors (Lipinski definition) is 6. The van der Waals surface area contributed by atoms with Gasteiger partial charge < -0.3 is 19.7 Å². The number of anilines is 1. The first kappa shape index (κ1) is 21.1. The topological polar surface area (TPSA) is 131 Å². The van der Waals surface area contributed by atoms with Crippen LogP contribution in [0.1, 0.15) is 40.9 Å². The number of amides is 2. The zero-order chi connectivity index (χ0) is 22.7. The van der Waals surface area contributed by atoms with Crippen molar-refractivity contribution in [3.05, 3.63) is 71.4 Å². The van der Waals surface area contributed by atoms with Gasteiger partial charge in [-0.15, -0.1) is 0 Å². The van der Waals surface area contributed by atoms with E-state index in [0.29, 0.717) is 0 Å². The third-order valence-corrected chi connectivity index (χ3v) is 5.17. The standard InChI is InChI=1S/C23H21N3O6/c1-13(10-21(27)28)24-22(29)19-11-20(32-26-19)25-23(30)31-12-18-16-8-4-2-6-14(16)15-7-3-5-9-17(15)18/h2-9,11,13,18H,10,12H2,1H3,(H,24,29)(H,25,30)(H,27,28)/t13-/m1/s1. The minimum absolute atomic E-state index is 0.0572. The van der Waals surface area contributed by atoms with E-state index in [4.69, 9.17) is 14.4 Å². The van der Waals surface area contributed by atoms with Crippen LogP contribution in [0.25, 0.3) is 11.1 Å². The number of carbonyl (C=O) groups is 3. The molecule has 0 bridgehead atoms. The normalized spacial score (nSPS) is 13.0. The lowest BCUT2D eigenvalue weighted by Crippen LogP contribution is -2.34. The van der Waals surface area contributed by atoms with Crippen LogP contribution in [0.3, 0.4) is 0 Å². The van der Waals surface area contributed by atoms with Gasteiger partial charge in [0, 0.05) is 18.0 Å². The molecule has 3 N–H and O–H groups in total. The number of hydrogen-bond donors (Lipinski definition) is 3. The molecule has 1 aromatic heterocycles. The number of carboxylic acids is 1. The molecular formula is C23H21N3O6. The van der Waals surface area contributed by atoms with Crippen molar-refractivity contribution in [1.82, 2.24) is 10.5 Å². The molecule has 0 aliphatic heterocycles. The van der Waals surface area contributed by atoms with Gasteiger partial charge in [0.1, 0.15) is 6.61 Å². The highest BCUT2D eigenvalue weighted by molar-refractivity contribution is 5.94. The molecule has 2 amide bonds. The Balaban J connectivity index is 1.35. The van der Waals surface area contributed by atoms with E-state index < -0.39 is 24.0 Å². The summed E-state index contributed by atoms with van der Waals surface area (Å²) in [6, 6.07) is 16.7. The fraction of sp³-hybridized carbons (Fsp3) is 0.217. The molecule has 1 aliphatic carbocycles. The Bertz CT molecular complexity index is 1130. The van der Waals surface area contributed by atoms with Gasteiger partial charge in [-0.1, -0.05) is 53.7 Å². The van der Waals surface area contributed by atoms with Crippen LogP contribution < -0.4 is 10.6 Å². The second kappa shape index (κ2) is 8.93. The van der Waals surface area contributed by atoms with Crippen LogP contribution in [0, 0.1) is 0 Å². The Kier molecular flexibility index (Phi) is 5.89. The molecule has 0 spiro atoms. The van der Waals surface area contributed by atoms with Crippen molar-refractivity contribution in [2.24, 2.45) is 0 Å². The van der Waals surface area contributed by atoms with Crippen molar-refractivity contribution in [2.75, 3.05) is 11.9 Å². The maximum atomic E-state index is 12.3. The summed E-state index contributed by atoms with van der Waals surface area (Å²) in [4.78, 5) is 35.1. The van der Waals surface area contributed by atoms with E-state index in [1.54, 1.807) is 6.92 Å². The Morgan fingerprint density at radius 2 is 1.72 bits per heavy atom. The first-order chi connectivity index (χ1) is 15.4. The van der Waals surface area contributed by atoms with Crippen LogP contribution in [0.2, 0.25) is 0 Å². The molecule has 0 fully saturated rings. The lowest BCUT2D eigenvalue weighted by molar-refractivity contribution is -0.137. The minimum Gasteiger partial charge on any atom is -0.481 e. The second-order valence-electron chi connectivity index (χ2n) is 7.50. The first-order valence-corrected chi connectivity index (χ1v) is 10.0. The number of nitrogens with zero attached hydrogens (tertiary/aromatic N) is 1. The van der Waals surface area contributed by atoms with Gasteiger partial charge in [-0.3, -0.25) is 14.9 Å². The molecule has 164 valence electrons. The maximum Gasteiger partial charge on any atom is 0.414 e. The molecule has 0 saturated heterocycles. The van der Waals surface area contributed by atoms with E-state index in [2.05, 4.69) is 15.8 Å². The van der Waals surface area contributed by atoms with Crippen molar-refractivity contribution < 1.29 is 28.8 Å². The van der Waals surface area contributed by atoms with E-state index >= 15 is 0 Å². The van der Waals surface area contributed by atoms with Gasteiger partial charge in [0.15, 0.2) is 5.69 Å². The summed E-state index contributed by atoms with van der Waals surface area (Å²) >= 11 is 0. The zero-order valence-corrected chi connectivity index (χ0v) is 17.2. The second-order valence-corrected chi connectivity index (χ2v) is 7.50. The maximum absolute atomic E-state index is 12.3. The van der Waals surface area contributed by atoms with Gasteiger partial charge >= 0.3 is 12.1 Å². The Labute approximate surface area is 183 Å². The zero-order valence-electron chi connectivity index (χ0n) is 17.2. The lowest BCUT2D eigenvalue weighted by Gasteiger charge is -2.13. The van der Waals surface area contributed by atoms with E-state index in [9.17, 15) is 14.4 Å². The Morgan fingerprint density at radius 3 is 2.34 bits per heavy atom. The summed E-state index contributed by atoms with van der Waals surface area (Å²) in [5.41, 5.74) is 4.35. The van der Waals surface area contributed by atoms with Crippen LogP contribution in [0.4, 0.5) is 10.7 Å². The lowest BCUT2D eigenvalue weighted by atomic mass is 9.98. The summed E-state index contributed by atoms with van der Waals surface area (Å²) in [7, 11) is 0. The van der Waals surface area contributed by atoms with Crippen molar-refractivity contribution in [3.63, 3.8) is 0 Å². The molecule has 1 aliphatic rings. The van der Waals surface area contributed by atoms with Gasteiger partial charge in [-0.2, -0.15) is 0 Å². The monoisotopic (exact) mass is 435 g/mol. The van der Waals surface area contributed by atoms with Crippen molar-refractivity contribution >= 4 is 23.9 Å². The smallest absolute Gasteiger partial charge is 0.414 e. The van der Waals surface area contributed by atoms with Gasteiger partial charge in [-0.25, -0.2) is 4.79 Å². The number of benzene rings is 2. The molecule has 3 aromatic rings. The fourth-order valence-electron chi connectivity index (χ4n) is 3.79. The van der Waals surface area contributed by atoms with Crippen LogP contribution in [-0.4, -0.2) is 40.9 Å². The minimum atomic E-state index is -1.03. The summed E-state index contributed by atoms with van der Waals surface area (Å²) in [6.07, 6.45) is -0.969.